The summed E-state index contributed by atoms with van der Waals surface area (Å²) in [5.74, 6) is 0. The maximum atomic E-state index is 10.2. The monoisotopic (exact) mass is 336 g/mol. The first-order valence-corrected chi connectivity index (χ1v) is 8.60. The van der Waals surface area contributed by atoms with Gasteiger partial charge >= 0.3 is 0 Å². The second-order valence-corrected chi connectivity index (χ2v) is 7.96. The van der Waals surface area contributed by atoms with E-state index in [0.29, 0.717) is 26.3 Å². The van der Waals surface area contributed by atoms with E-state index in [-0.39, 0.29) is 12.2 Å². The highest BCUT2D eigenvalue weighted by Gasteiger charge is 2.31. The van der Waals surface area contributed by atoms with Gasteiger partial charge in [-0.1, -0.05) is 0 Å². The lowest BCUT2D eigenvalue weighted by molar-refractivity contribution is -1.07. The topological polar surface area (TPSA) is 58.9 Å². The molecule has 0 aliphatic heterocycles. The number of aliphatic hydroxyl groups excluding tert-OH is 2. The number of rotatable bonds is 14. The van der Waals surface area contributed by atoms with Crippen LogP contribution < -0.4 is 0 Å². The summed E-state index contributed by atoms with van der Waals surface area (Å²) in [7, 11) is 11.9. The molecule has 140 valence electrons. The van der Waals surface area contributed by atoms with Gasteiger partial charge in [0.25, 0.3) is 0 Å². The molecule has 23 heavy (non-hydrogen) atoms. The lowest BCUT2D eigenvalue weighted by Gasteiger charge is -2.40. The Labute approximate surface area is 142 Å². The van der Waals surface area contributed by atoms with Crippen LogP contribution in [0.2, 0.25) is 0 Å². The summed E-state index contributed by atoms with van der Waals surface area (Å²) in [4.78, 5) is 0. The van der Waals surface area contributed by atoms with Crippen LogP contribution in [0.5, 0.6) is 0 Å². The molecule has 0 fully saturated rings. The highest BCUT2D eigenvalue weighted by molar-refractivity contribution is 4.55. The Morgan fingerprint density at radius 2 is 1.09 bits per heavy atom. The van der Waals surface area contributed by atoms with Crippen molar-refractivity contribution >= 4 is 0 Å². The first-order valence-electron chi connectivity index (χ1n) is 8.60. The fourth-order valence-corrected chi connectivity index (χ4v) is 3.40. The van der Waals surface area contributed by atoms with Crippen molar-refractivity contribution in [3.63, 3.8) is 0 Å². The van der Waals surface area contributed by atoms with Crippen LogP contribution in [0, 0.1) is 0 Å². The summed E-state index contributed by atoms with van der Waals surface area (Å²) in [6, 6.07) is 0. The van der Waals surface area contributed by atoms with Crippen molar-refractivity contribution in [2.75, 3.05) is 75.4 Å². The van der Waals surface area contributed by atoms with E-state index < -0.39 is 0 Å². The van der Waals surface area contributed by atoms with Crippen molar-refractivity contribution in [3.8, 4) is 0 Å². The Hall–Kier alpha value is -0.240. The minimum absolute atomic E-state index is 0.313. The third-order valence-electron chi connectivity index (χ3n) is 3.95. The van der Waals surface area contributed by atoms with Crippen molar-refractivity contribution in [2.24, 2.45) is 0 Å². The number of aliphatic hydroxyl groups is 2. The zero-order valence-corrected chi connectivity index (χ0v) is 16.1. The first-order chi connectivity index (χ1) is 10.6. The molecule has 0 saturated carbocycles. The number of methoxy groups -OCH3 is 2. The van der Waals surface area contributed by atoms with Crippen molar-refractivity contribution in [3.05, 3.63) is 0 Å². The normalized spacial score (nSPS) is 15.7. The number of hydrogen-bond acceptors (Lipinski definition) is 4. The van der Waals surface area contributed by atoms with Gasteiger partial charge in [-0.2, -0.15) is 0 Å². The summed E-state index contributed by atoms with van der Waals surface area (Å²) >= 11 is 0. The standard InChI is InChI=1S/C17H40N2O4/c1-18(2,13-16(20)9-7-11-22-5)15-19(3,4)14-17(21)10-8-12-23-6/h16-17,20-21H,7-15H2,1-6H3/q+2. The predicted octanol–water partition coefficient (Wildman–Crippen LogP) is 0.672. The van der Waals surface area contributed by atoms with E-state index in [1.54, 1.807) is 14.2 Å². The van der Waals surface area contributed by atoms with E-state index >= 15 is 0 Å². The molecular formula is C17H40N2O4+2. The fourth-order valence-electron chi connectivity index (χ4n) is 3.40. The Morgan fingerprint density at radius 1 is 0.739 bits per heavy atom. The van der Waals surface area contributed by atoms with E-state index in [4.69, 9.17) is 9.47 Å². The molecule has 0 bridgehead atoms. The summed E-state index contributed by atoms with van der Waals surface area (Å²) in [6.45, 7) is 3.68. The van der Waals surface area contributed by atoms with Crippen LogP contribution in [0.25, 0.3) is 0 Å². The van der Waals surface area contributed by atoms with Gasteiger partial charge in [-0.3, -0.25) is 8.97 Å². The summed E-state index contributed by atoms with van der Waals surface area (Å²) in [5, 5.41) is 20.4. The quantitative estimate of drug-likeness (QED) is 0.278. The summed E-state index contributed by atoms with van der Waals surface area (Å²) in [5.41, 5.74) is 0. The van der Waals surface area contributed by atoms with E-state index in [2.05, 4.69) is 28.2 Å². The van der Waals surface area contributed by atoms with Gasteiger partial charge in [-0.05, 0) is 25.7 Å². The average Bonchev–Trinajstić information content (AvgIpc) is 2.36. The molecule has 0 radical (unpaired) electrons. The second-order valence-electron chi connectivity index (χ2n) is 7.96. The van der Waals surface area contributed by atoms with Crippen molar-refractivity contribution < 1.29 is 28.7 Å². The maximum Gasteiger partial charge on any atom is 0.206 e. The van der Waals surface area contributed by atoms with Gasteiger partial charge in [0.2, 0.25) is 6.67 Å². The van der Waals surface area contributed by atoms with Gasteiger partial charge in [0, 0.05) is 27.4 Å². The molecule has 0 saturated heterocycles. The Kier molecular flexibility index (Phi) is 11.2. The molecular weight excluding hydrogens is 296 g/mol. The van der Waals surface area contributed by atoms with Crippen molar-refractivity contribution in [1.29, 1.82) is 0 Å². The average molecular weight is 337 g/mol. The van der Waals surface area contributed by atoms with Crippen LogP contribution in [0.15, 0.2) is 0 Å². The number of quaternary nitrogens is 2. The van der Waals surface area contributed by atoms with Crippen LogP contribution in [0.1, 0.15) is 25.7 Å². The Morgan fingerprint density at radius 3 is 1.39 bits per heavy atom. The molecule has 2 N–H and O–H groups in total. The minimum atomic E-state index is -0.313. The van der Waals surface area contributed by atoms with Crippen LogP contribution in [-0.2, 0) is 9.47 Å². The van der Waals surface area contributed by atoms with Gasteiger partial charge < -0.3 is 19.7 Å². The van der Waals surface area contributed by atoms with Crippen LogP contribution in [-0.4, -0.2) is 107 Å². The van der Waals surface area contributed by atoms with Crippen molar-refractivity contribution in [1.82, 2.24) is 0 Å². The van der Waals surface area contributed by atoms with E-state index in [0.717, 1.165) is 41.3 Å². The molecule has 0 aromatic carbocycles. The minimum Gasteiger partial charge on any atom is -0.387 e. The number of hydrogen-bond donors (Lipinski definition) is 2. The third kappa shape index (κ3) is 12.8. The molecule has 0 aromatic heterocycles. The summed E-state index contributed by atoms with van der Waals surface area (Å²) < 4.78 is 11.5. The third-order valence-corrected chi connectivity index (χ3v) is 3.95. The number of ether oxygens (including phenoxy) is 2. The van der Waals surface area contributed by atoms with Gasteiger partial charge in [0.15, 0.2) is 0 Å². The van der Waals surface area contributed by atoms with Gasteiger partial charge in [-0.15, -0.1) is 0 Å². The molecule has 0 aliphatic carbocycles. The van der Waals surface area contributed by atoms with Crippen molar-refractivity contribution in [2.45, 2.75) is 37.9 Å². The van der Waals surface area contributed by atoms with Gasteiger partial charge in [0.05, 0.1) is 28.2 Å². The molecule has 0 heterocycles. The Balaban J connectivity index is 4.26. The molecule has 2 unspecified atom stereocenters. The molecule has 6 heteroatoms. The van der Waals surface area contributed by atoms with E-state index in [1.807, 2.05) is 0 Å². The molecule has 0 spiro atoms. The molecule has 0 aliphatic rings. The predicted molar refractivity (Wildman–Crippen MR) is 93.1 cm³/mol. The van der Waals surface area contributed by atoms with E-state index in [1.165, 1.54) is 0 Å². The molecule has 0 rings (SSSR count). The molecule has 6 nitrogen and oxygen atoms in total. The molecule has 0 aromatic rings. The lowest BCUT2D eigenvalue weighted by Crippen LogP contribution is -2.59. The zero-order valence-electron chi connectivity index (χ0n) is 16.1. The van der Waals surface area contributed by atoms with Crippen LogP contribution >= 0.6 is 0 Å². The SMILES string of the molecule is COCCCC(O)C[N+](C)(C)C[N+](C)(C)CC(O)CCCOC. The first kappa shape index (κ1) is 22.8. The lowest BCUT2D eigenvalue weighted by atomic mass is 10.1. The van der Waals surface area contributed by atoms with Crippen LogP contribution in [0.4, 0.5) is 0 Å². The smallest absolute Gasteiger partial charge is 0.206 e. The van der Waals surface area contributed by atoms with E-state index in [9.17, 15) is 10.2 Å². The number of nitrogens with zero attached hydrogens (tertiary/aromatic N) is 2. The molecule has 2 atom stereocenters. The number of likely N-dealkylation sites (N-methyl/N-ethyl adjacent to an activating group) is 2. The highest BCUT2D eigenvalue weighted by Crippen LogP contribution is 2.12. The second kappa shape index (κ2) is 11.3. The van der Waals surface area contributed by atoms with Gasteiger partial charge in [-0.25, -0.2) is 0 Å². The fraction of sp³-hybridized carbons (Fsp3) is 1.00. The largest absolute Gasteiger partial charge is 0.387 e. The van der Waals surface area contributed by atoms with Gasteiger partial charge in [0.1, 0.15) is 25.3 Å². The summed E-state index contributed by atoms with van der Waals surface area (Å²) in [6.07, 6.45) is 2.67. The Bertz CT molecular complexity index is 270. The van der Waals surface area contributed by atoms with Crippen LogP contribution in [0.3, 0.4) is 0 Å². The highest BCUT2D eigenvalue weighted by atomic mass is 16.5. The molecule has 0 amide bonds. The maximum absolute atomic E-state index is 10.2. The zero-order chi connectivity index (χ0) is 17.9.